The Hall–Kier alpha value is -8.72. The Morgan fingerprint density at radius 3 is 1.14 bits per heavy atom. The summed E-state index contributed by atoms with van der Waals surface area (Å²) in [7, 11) is 0. The van der Waals surface area contributed by atoms with E-state index >= 15 is 0 Å². The maximum atomic E-state index is 2.51. The number of benzene rings is 12. The average Bonchev–Trinajstić information content (AvgIpc) is 3.42. The van der Waals surface area contributed by atoms with Crippen LogP contribution in [0, 0.1) is 0 Å². The zero-order valence-electron chi connectivity index (χ0n) is 41.0. The van der Waals surface area contributed by atoms with Gasteiger partial charge in [-0.3, -0.25) is 0 Å². The maximum absolute atomic E-state index is 2.51. The predicted molar refractivity (Wildman–Crippen MR) is 306 cm³/mol. The summed E-state index contributed by atoms with van der Waals surface area (Å²) in [6.45, 7) is 9.46. The first-order chi connectivity index (χ1) is 35.3. The third kappa shape index (κ3) is 6.15. The molecule has 0 spiro atoms. The van der Waals surface area contributed by atoms with Crippen molar-refractivity contribution in [1.82, 2.24) is 0 Å². The normalized spacial score (nSPS) is 14.3. The first kappa shape index (κ1) is 42.2. The van der Waals surface area contributed by atoms with Crippen LogP contribution in [0.25, 0.3) is 76.5 Å². The number of anilines is 6. The molecule has 0 bridgehead atoms. The fourth-order valence-electron chi connectivity index (χ4n) is 12.8. The lowest BCUT2D eigenvalue weighted by Crippen LogP contribution is -2.30. The summed E-state index contributed by atoms with van der Waals surface area (Å²) in [5.41, 5.74) is 19.4. The molecule has 0 unspecified atom stereocenters. The van der Waals surface area contributed by atoms with E-state index < -0.39 is 0 Å². The topological polar surface area (TPSA) is 6.48 Å². The summed E-state index contributed by atoms with van der Waals surface area (Å²) < 4.78 is 0. The van der Waals surface area contributed by atoms with Crippen LogP contribution in [-0.4, -0.2) is 0 Å². The Bertz CT molecular complexity index is 4070. The highest BCUT2D eigenvalue weighted by atomic mass is 15.2. The molecule has 0 fully saturated rings. The van der Waals surface area contributed by atoms with Gasteiger partial charge in [-0.25, -0.2) is 0 Å². The molecule has 12 aromatic rings. The molecular formula is C70H52N2. The first-order valence-corrected chi connectivity index (χ1v) is 25.3. The van der Waals surface area contributed by atoms with Crippen molar-refractivity contribution in [2.24, 2.45) is 0 Å². The molecule has 2 aliphatic heterocycles. The minimum Gasteiger partial charge on any atom is -0.310 e. The van der Waals surface area contributed by atoms with E-state index in [0.717, 1.165) is 11.4 Å². The molecular weight excluding hydrogens is 869 g/mol. The lowest BCUT2D eigenvalue weighted by molar-refractivity contribution is 0.632. The second kappa shape index (κ2) is 15.9. The van der Waals surface area contributed by atoms with Gasteiger partial charge in [-0.2, -0.15) is 0 Å². The van der Waals surface area contributed by atoms with Crippen LogP contribution < -0.4 is 9.80 Å². The maximum Gasteiger partial charge on any atom is 0.0502 e. The van der Waals surface area contributed by atoms with Crippen molar-refractivity contribution in [2.45, 2.75) is 38.5 Å². The minimum atomic E-state index is -0.175. The van der Waals surface area contributed by atoms with Gasteiger partial charge in [0.1, 0.15) is 0 Å². The monoisotopic (exact) mass is 920 g/mol. The van der Waals surface area contributed by atoms with Crippen LogP contribution in [0.5, 0.6) is 0 Å². The Balaban J connectivity index is 1.13. The van der Waals surface area contributed by atoms with E-state index in [4.69, 9.17) is 0 Å². The van der Waals surface area contributed by atoms with Gasteiger partial charge in [-0.05, 0) is 147 Å². The number of rotatable bonds is 5. The smallest absolute Gasteiger partial charge is 0.0502 e. The largest absolute Gasteiger partial charge is 0.310 e. The van der Waals surface area contributed by atoms with E-state index in [9.17, 15) is 0 Å². The van der Waals surface area contributed by atoms with Gasteiger partial charge in [0, 0.05) is 22.2 Å². The summed E-state index contributed by atoms with van der Waals surface area (Å²) in [6.07, 6.45) is 0. The van der Waals surface area contributed by atoms with Gasteiger partial charge >= 0.3 is 0 Å². The molecule has 0 saturated carbocycles. The molecule has 0 aromatic heterocycles. The Morgan fingerprint density at radius 1 is 0.264 bits per heavy atom. The summed E-state index contributed by atoms with van der Waals surface area (Å²) in [5, 5.41) is 9.77. The summed E-state index contributed by atoms with van der Waals surface area (Å²) >= 11 is 0. The van der Waals surface area contributed by atoms with Gasteiger partial charge < -0.3 is 9.80 Å². The Labute approximate surface area is 421 Å². The van der Waals surface area contributed by atoms with Crippen molar-refractivity contribution in [3.8, 4) is 33.4 Å². The van der Waals surface area contributed by atoms with E-state index in [2.05, 4.69) is 280 Å². The van der Waals surface area contributed by atoms with Crippen LogP contribution in [-0.2, 0) is 10.8 Å². The number of para-hydroxylation sites is 4. The molecule has 2 heteroatoms. The number of nitrogens with zero attached hydrogens (tertiary/aromatic N) is 2. The van der Waals surface area contributed by atoms with Gasteiger partial charge in [-0.1, -0.05) is 222 Å². The number of fused-ring (bicyclic) bond motifs is 8. The van der Waals surface area contributed by atoms with Crippen LogP contribution >= 0.6 is 0 Å². The van der Waals surface area contributed by atoms with Gasteiger partial charge in [-0.15, -0.1) is 0 Å². The fourth-order valence-corrected chi connectivity index (χ4v) is 12.8. The Morgan fingerprint density at radius 2 is 0.639 bits per heavy atom. The van der Waals surface area contributed by atoms with Crippen LogP contribution in [0.4, 0.5) is 34.1 Å². The first-order valence-electron chi connectivity index (χ1n) is 25.3. The van der Waals surface area contributed by atoms with Crippen molar-refractivity contribution in [3.05, 3.63) is 265 Å². The van der Waals surface area contributed by atoms with Crippen molar-refractivity contribution < 1.29 is 0 Å². The van der Waals surface area contributed by atoms with Crippen molar-refractivity contribution in [1.29, 1.82) is 0 Å². The van der Waals surface area contributed by atoms with E-state index in [0.29, 0.717) is 0 Å². The van der Waals surface area contributed by atoms with E-state index in [1.54, 1.807) is 0 Å². The third-order valence-corrected chi connectivity index (χ3v) is 16.2. The molecule has 12 aromatic carbocycles. The zero-order chi connectivity index (χ0) is 48.3. The molecule has 2 heterocycles. The lowest BCUT2D eigenvalue weighted by Gasteiger charge is -2.42. The van der Waals surface area contributed by atoms with Gasteiger partial charge in [0.15, 0.2) is 0 Å². The standard InChI is InChI=1S/C70H52N2/c1-69(2)59-29-12-16-33-63(59)71(64-34-17-13-30-60(64)69)47-38-40-56-57(43-47)67(53-28-20-24-46-23-8-9-25-49(46)53)55-39-37-48(72-65-35-18-14-31-61(65)70(3,4)62-32-15-19-36-66(62)72)44-58(55)68(56)54-42-41-50(45-21-6-5-7-22-45)51-26-10-11-27-52(51)54/h5-44H,1-4H3. The fraction of sp³-hybridized carbons (Fsp3) is 0.0857. The molecule has 0 aliphatic carbocycles. The van der Waals surface area contributed by atoms with E-state index in [1.807, 2.05) is 0 Å². The molecule has 0 saturated heterocycles. The highest BCUT2D eigenvalue weighted by Gasteiger charge is 2.38. The van der Waals surface area contributed by atoms with Crippen LogP contribution in [0.2, 0.25) is 0 Å². The SMILES string of the molecule is CC1(C)c2ccccc2N(c2ccc3c(-c4ccc(-c5ccccc5)c5ccccc45)c4cc(N5c6ccccc6C(C)(C)c6ccccc65)ccc4c(-c4cccc5ccccc45)c3c2)c2ccccc21. The molecule has 14 rings (SSSR count). The lowest BCUT2D eigenvalue weighted by atomic mass is 9.73. The second-order valence-electron chi connectivity index (χ2n) is 20.8. The molecule has 0 atom stereocenters. The highest BCUT2D eigenvalue weighted by Crippen LogP contribution is 2.56. The van der Waals surface area contributed by atoms with Crippen LogP contribution in [0.15, 0.2) is 243 Å². The summed E-state index contributed by atoms with van der Waals surface area (Å²) in [4.78, 5) is 5.01. The van der Waals surface area contributed by atoms with Crippen LogP contribution in [0.1, 0.15) is 49.9 Å². The van der Waals surface area contributed by atoms with E-state index in [1.165, 1.54) is 121 Å². The Kier molecular flexibility index (Phi) is 9.32. The third-order valence-electron chi connectivity index (χ3n) is 16.2. The predicted octanol–water partition coefficient (Wildman–Crippen LogP) is 19.5. The average molecular weight is 921 g/mol. The van der Waals surface area contributed by atoms with Crippen molar-refractivity contribution in [3.63, 3.8) is 0 Å². The molecule has 342 valence electrons. The zero-order valence-corrected chi connectivity index (χ0v) is 41.0. The highest BCUT2D eigenvalue weighted by molar-refractivity contribution is 6.27. The molecule has 0 amide bonds. The summed E-state index contributed by atoms with van der Waals surface area (Å²) in [6, 6.07) is 90.9. The molecule has 2 aliphatic rings. The van der Waals surface area contributed by atoms with Crippen molar-refractivity contribution >= 4 is 77.2 Å². The minimum absolute atomic E-state index is 0.173. The summed E-state index contributed by atoms with van der Waals surface area (Å²) in [5.74, 6) is 0. The van der Waals surface area contributed by atoms with Crippen molar-refractivity contribution in [2.75, 3.05) is 9.80 Å². The number of hydrogen-bond donors (Lipinski definition) is 0. The van der Waals surface area contributed by atoms with E-state index in [-0.39, 0.29) is 10.8 Å². The van der Waals surface area contributed by atoms with Crippen LogP contribution in [0.3, 0.4) is 0 Å². The molecule has 0 N–H and O–H groups in total. The number of hydrogen-bond acceptors (Lipinski definition) is 2. The quantitative estimate of drug-likeness (QED) is 0.159. The second-order valence-corrected chi connectivity index (χ2v) is 20.8. The van der Waals surface area contributed by atoms with Gasteiger partial charge in [0.05, 0.1) is 22.7 Å². The van der Waals surface area contributed by atoms with Gasteiger partial charge in [0.25, 0.3) is 0 Å². The van der Waals surface area contributed by atoms with Gasteiger partial charge in [0.2, 0.25) is 0 Å². The molecule has 0 radical (unpaired) electrons. The molecule has 2 nitrogen and oxygen atoms in total. The molecule has 72 heavy (non-hydrogen) atoms.